The summed E-state index contributed by atoms with van der Waals surface area (Å²) in [5.74, 6) is -0.693. The predicted molar refractivity (Wildman–Crippen MR) is 123 cm³/mol. The van der Waals surface area contributed by atoms with Crippen LogP contribution in [0.2, 0.25) is 0 Å². The summed E-state index contributed by atoms with van der Waals surface area (Å²) in [6.45, 7) is 2.40. The molecule has 0 radical (unpaired) electrons. The van der Waals surface area contributed by atoms with Crippen LogP contribution < -0.4 is 10.6 Å². The van der Waals surface area contributed by atoms with Gasteiger partial charge in [-0.1, -0.05) is 42.5 Å². The zero-order valence-corrected chi connectivity index (χ0v) is 17.6. The second kappa shape index (κ2) is 8.93. The van der Waals surface area contributed by atoms with Gasteiger partial charge < -0.3 is 15.7 Å². The third kappa shape index (κ3) is 4.39. The SMILES string of the molecule is Cc1sc2ncnc(NCCC(=O)Nc3ccccc3C(=O)O)c2c1-c1ccccc1. The van der Waals surface area contributed by atoms with Gasteiger partial charge >= 0.3 is 5.97 Å². The van der Waals surface area contributed by atoms with Crippen LogP contribution in [0, 0.1) is 6.92 Å². The van der Waals surface area contributed by atoms with Gasteiger partial charge in [0.1, 0.15) is 17.0 Å². The number of nitrogens with zero attached hydrogens (tertiary/aromatic N) is 2. The number of nitrogens with one attached hydrogen (secondary N) is 2. The van der Waals surface area contributed by atoms with Crippen LogP contribution in [0.15, 0.2) is 60.9 Å². The Morgan fingerprint density at radius 1 is 1.03 bits per heavy atom. The third-order valence-electron chi connectivity index (χ3n) is 4.80. The molecule has 2 aromatic heterocycles. The fraction of sp³-hybridized carbons (Fsp3) is 0.130. The van der Waals surface area contributed by atoms with Gasteiger partial charge in [0.15, 0.2) is 0 Å². The van der Waals surface area contributed by atoms with E-state index in [9.17, 15) is 14.7 Å². The van der Waals surface area contributed by atoms with E-state index in [-0.39, 0.29) is 23.6 Å². The van der Waals surface area contributed by atoms with E-state index in [0.717, 1.165) is 26.2 Å². The lowest BCUT2D eigenvalue weighted by Gasteiger charge is -2.10. The number of anilines is 2. The van der Waals surface area contributed by atoms with E-state index < -0.39 is 5.97 Å². The Morgan fingerprint density at radius 3 is 2.55 bits per heavy atom. The van der Waals surface area contributed by atoms with E-state index in [0.29, 0.717) is 12.4 Å². The largest absolute Gasteiger partial charge is 0.478 e. The lowest BCUT2D eigenvalue weighted by atomic mass is 10.0. The van der Waals surface area contributed by atoms with Crippen LogP contribution >= 0.6 is 11.3 Å². The number of carboxylic acid groups (broad SMARTS) is 1. The van der Waals surface area contributed by atoms with Gasteiger partial charge in [0.25, 0.3) is 0 Å². The highest BCUT2D eigenvalue weighted by atomic mass is 32.1. The molecule has 0 aliphatic carbocycles. The number of carbonyl (C=O) groups excluding carboxylic acids is 1. The van der Waals surface area contributed by atoms with E-state index >= 15 is 0 Å². The first-order valence-corrected chi connectivity index (χ1v) is 10.5. The van der Waals surface area contributed by atoms with Crippen molar-refractivity contribution in [3.05, 3.63) is 71.4 Å². The summed E-state index contributed by atoms with van der Waals surface area (Å²) in [6.07, 6.45) is 1.67. The second-order valence-electron chi connectivity index (χ2n) is 6.88. The van der Waals surface area contributed by atoms with Crippen molar-refractivity contribution in [2.45, 2.75) is 13.3 Å². The third-order valence-corrected chi connectivity index (χ3v) is 5.82. The Balaban J connectivity index is 1.50. The zero-order chi connectivity index (χ0) is 21.8. The van der Waals surface area contributed by atoms with Crippen LogP contribution in [0.5, 0.6) is 0 Å². The normalized spacial score (nSPS) is 10.7. The van der Waals surface area contributed by atoms with E-state index in [4.69, 9.17) is 0 Å². The predicted octanol–water partition coefficient (Wildman–Crippen LogP) is 4.81. The molecule has 7 nitrogen and oxygen atoms in total. The van der Waals surface area contributed by atoms with Crippen LogP contribution in [0.4, 0.5) is 11.5 Å². The smallest absolute Gasteiger partial charge is 0.337 e. The van der Waals surface area contributed by atoms with Crippen LogP contribution in [0.1, 0.15) is 21.7 Å². The van der Waals surface area contributed by atoms with Crippen molar-refractivity contribution in [1.82, 2.24) is 9.97 Å². The van der Waals surface area contributed by atoms with Crippen molar-refractivity contribution >= 4 is 44.9 Å². The van der Waals surface area contributed by atoms with Gasteiger partial charge in [0.05, 0.1) is 16.6 Å². The number of carbonyl (C=O) groups is 2. The number of thiophene rings is 1. The second-order valence-corrected chi connectivity index (χ2v) is 8.08. The average Bonchev–Trinajstić information content (AvgIpc) is 3.11. The molecule has 3 N–H and O–H groups in total. The fourth-order valence-electron chi connectivity index (χ4n) is 3.42. The number of benzene rings is 2. The topological polar surface area (TPSA) is 104 Å². The van der Waals surface area contributed by atoms with E-state index in [2.05, 4.69) is 39.7 Å². The summed E-state index contributed by atoms with van der Waals surface area (Å²) in [5.41, 5.74) is 2.52. The lowest BCUT2D eigenvalue weighted by Crippen LogP contribution is -2.18. The summed E-state index contributed by atoms with van der Waals surface area (Å²) >= 11 is 1.61. The number of para-hydroxylation sites is 1. The molecule has 0 saturated carbocycles. The molecule has 0 unspecified atom stereocenters. The van der Waals surface area contributed by atoms with Crippen molar-refractivity contribution in [3.8, 4) is 11.1 Å². The van der Waals surface area contributed by atoms with Gasteiger partial charge in [-0.2, -0.15) is 0 Å². The van der Waals surface area contributed by atoms with Gasteiger partial charge in [-0.25, -0.2) is 14.8 Å². The number of aromatic nitrogens is 2. The first-order valence-electron chi connectivity index (χ1n) is 9.70. The van der Waals surface area contributed by atoms with E-state index in [1.54, 1.807) is 29.5 Å². The first-order chi connectivity index (χ1) is 15.0. The number of aromatic carboxylic acids is 1. The van der Waals surface area contributed by atoms with Gasteiger partial charge in [0, 0.05) is 23.4 Å². The molecular weight excluding hydrogens is 412 g/mol. The van der Waals surface area contributed by atoms with Gasteiger partial charge in [-0.05, 0) is 24.6 Å². The Kier molecular flexibility index (Phi) is 5.90. The Morgan fingerprint density at radius 2 is 1.77 bits per heavy atom. The lowest BCUT2D eigenvalue weighted by molar-refractivity contribution is -0.115. The molecule has 1 amide bonds. The summed E-state index contributed by atoms with van der Waals surface area (Å²) in [6, 6.07) is 16.4. The summed E-state index contributed by atoms with van der Waals surface area (Å²) in [4.78, 5) is 34.5. The number of rotatable bonds is 7. The molecule has 2 heterocycles. The molecule has 0 fully saturated rings. The van der Waals surface area contributed by atoms with Crippen molar-refractivity contribution in [2.75, 3.05) is 17.2 Å². The molecule has 0 aliphatic rings. The molecule has 0 atom stereocenters. The van der Waals surface area contributed by atoms with Crippen LogP contribution in [-0.2, 0) is 4.79 Å². The molecule has 31 heavy (non-hydrogen) atoms. The van der Waals surface area contributed by atoms with Crippen LogP contribution in [-0.4, -0.2) is 33.5 Å². The maximum atomic E-state index is 12.4. The highest BCUT2D eigenvalue weighted by Gasteiger charge is 2.17. The molecule has 0 saturated heterocycles. The van der Waals surface area contributed by atoms with Gasteiger partial charge in [0.2, 0.25) is 5.91 Å². The maximum absolute atomic E-state index is 12.4. The molecule has 4 rings (SSSR count). The number of hydrogen-bond acceptors (Lipinski definition) is 6. The standard InChI is InChI=1S/C23H20N4O3S/c1-14-19(15-7-3-2-4-8-15)20-21(25-13-26-22(20)31-14)24-12-11-18(28)27-17-10-6-5-9-16(17)23(29)30/h2-10,13H,11-12H2,1H3,(H,27,28)(H,29,30)(H,24,25,26). The highest BCUT2D eigenvalue weighted by Crippen LogP contribution is 2.40. The van der Waals surface area contributed by atoms with Gasteiger partial charge in [-0.15, -0.1) is 11.3 Å². The van der Waals surface area contributed by atoms with Crippen molar-refractivity contribution in [3.63, 3.8) is 0 Å². The maximum Gasteiger partial charge on any atom is 0.337 e. The summed E-state index contributed by atoms with van der Waals surface area (Å²) < 4.78 is 0. The van der Waals surface area contributed by atoms with Crippen LogP contribution in [0.25, 0.3) is 21.3 Å². The Labute approximate surface area is 182 Å². The quantitative estimate of drug-likeness (QED) is 0.387. The molecule has 0 bridgehead atoms. The summed E-state index contributed by atoms with van der Waals surface area (Å²) in [7, 11) is 0. The minimum absolute atomic E-state index is 0.0579. The Hall–Kier alpha value is -3.78. The molecule has 156 valence electrons. The van der Waals surface area contributed by atoms with E-state index in [1.165, 1.54) is 12.4 Å². The minimum atomic E-state index is -1.08. The molecular formula is C23H20N4O3S. The molecule has 0 aliphatic heterocycles. The van der Waals surface area contributed by atoms with Gasteiger partial charge in [-0.3, -0.25) is 4.79 Å². The van der Waals surface area contributed by atoms with Crippen molar-refractivity contribution in [1.29, 1.82) is 0 Å². The zero-order valence-electron chi connectivity index (χ0n) is 16.8. The molecule has 4 aromatic rings. The minimum Gasteiger partial charge on any atom is -0.478 e. The van der Waals surface area contributed by atoms with Crippen molar-refractivity contribution in [2.24, 2.45) is 0 Å². The molecule has 2 aromatic carbocycles. The molecule has 8 heteroatoms. The number of fused-ring (bicyclic) bond motifs is 1. The molecule has 0 spiro atoms. The number of hydrogen-bond donors (Lipinski definition) is 3. The Bertz CT molecular complexity index is 1250. The summed E-state index contributed by atoms with van der Waals surface area (Å²) in [5, 5.41) is 16.1. The highest BCUT2D eigenvalue weighted by molar-refractivity contribution is 7.19. The number of amides is 1. The van der Waals surface area contributed by atoms with Crippen molar-refractivity contribution < 1.29 is 14.7 Å². The number of aryl methyl sites for hydroxylation is 1. The number of carboxylic acids is 1. The first kappa shape index (κ1) is 20.5. The van der Waals surface area contributed by atoms with E-state index in [1.807, 2.05) is 18.2 Å². The monoisotopic (exact) mass is 432 g/mol. The van der Waals surface area contributed by atoms with Crippen LogP contribution in [0.3, 0.4) is 0 Å². The average molecular weight is 433 g/mol. The fourth-order valence-corrected chi connectivity index (χ4v) is 4.43.